The lowest BCUT2D eigenvalue weighted by Crippen LogP contribution is -2.35. The molecule has 0 saturated heterocycles. The van der Waals surface area contributed by atoms with E-state index in [1.54, 1.807) is 7.11 Å². The van der Waals surface area contributed by atoms with Crippen molar-refractivity contribution in [1.29, 1.82) is 0 Å². The molecule has 0 aliphatic carbocycles. The summed E-state index contributed by atoms with van der Waals surface area (Å²) < 4.78 is 10.8. The van der Waals surface area contributed by atoms with Crippen molar-refractivity contribution < 1.29 is 9.15 Å². The van der Waals surface area contributed by atoms with Crippen LogP contribution in [0.3, 0.4) is 0 Å². The van der Waals surface area contributed by atoms with Gasteiger partial charge in [-0.25, -0.2) is 0 Å². The topological polar surface area (TPSA) is 60.4 Å². The molecule has 2 unspecified atom stereocenters. The first-order chi connectivity index (χ1) is 8.17. The van der Waals surface area contributed by atoms with Gasteiger partial charge in [-0.2, -0.15) is 0 Å². The van der Waals surface area contributed by atoms with Gasteiger partial charge < -0.3 is 20.2 Å². The van der Waals surface area contributed by atoms with Gasteiger partial charge in [0.1, 0.15) is 11.5 Å². The number of nitrogens with two attached hydrogens (primary N) is 1. The average Bonchev–Trinajstić information content (AvgIpc) is 2.73. The van der Waals surface area contributed by atoms with Crippen LogP contribution in [-0.2, 0) is 4.74 Å². The monoisotopic (exact) mass is 240 g/mol. The predicted molar refractivity (Wildman–Crippen MR) is 68.9 cm³/mol. The van der Waals surface area contributed by atoms with Crippen LogP contribution in [0, 0.1) is 6.92 Å². The molecule has 1 aromatic heterocycles. The van der Waals surface area contributed by atoms with Gasteiger partial charge in [-0.1, -0.05) is 0 Å². The molecular weight excluding hydrogens is 216 g/mol. The van der Waals surface area contributed by atoms with Crippen LogP contribution in [0.25, 0.3) is 0 Å². The van der Waals surface area contributed by atoms with Gasteiger partial charge >= 0.3 is 0 Å². The zero-order chi connectivity index (χ0) is 12.7. The Labute approximate surface area is 104 Å². The lowest BCUT2D eigenvalue weighted by molar-refractivity contribution is 0.154. The summed E-state index contributed by atoms with van der Waals surface area (Å²) in [6.07, 6.45) is 2.03. The molecule has 0 fully saturated rings. The maximum Gasteiger partial charge on any atom is 0.120 e. The molecule has 2 atom stereocenters. The first kappa shape index (κ1) is 14.2. The highest BCUT2D eigenvalue weighted by Gasteiger charge is 2.15. The largest absolute Gasteiger partial charge is 0.465 e. The SMILES string of the molecule is COCC(CCCN)NC(C)c1ccc(C)o1. The Balaban J connectivity index is 2.47. The highest BCUT2D eigenvalue weighted by atomic mass is 16.5. The van der Waals surface area contributed by atoms with E-state index in [2.05, 4.69) is 12.2 Å². The molecule has 1 heterocycles. The van der Waals surface area contributed by atoms with E-state index >= 15 is 0 Å². The fourth-order valence-electron chi connectivity index (χ4n) is 1.90. The van der Waals surface area contributed by atoms with Gasteiger partial charge in [0.25, 0.3) is 0 Å². The number of hydrogen-bond acceptors (Lipinski definition) is 4. The summed E-state index contributed by atoms with van der Waals surface area (Å²) in [5, 5.41) is 3.51. The maximum atomic E-state index is 5.60. The van der Waals surface area contributed by atoms with Gasteiger partial charge in [-0.3, -0.25) is 0 Å². The second-order valence-electron chi connectivity index (χ2n) is 4.42. The molecule has 0 aliphatic heterocycles. The molecule has 1 rings (SSSR count). The van der Waals surface area contributed by atoms with Crippen LogP contribution in [0.4, 0.5) is 0 Å². The van der Waals surface area contributed by atoms with Crippen molar-refractivity contribution >= 4 is 0 Å². The molecule has 0 radical (unpaired) electrons. The third-order valence-electron chi connectivity index (χ3n) is 2.80. The lowest BCUT2D eigenvalue weighted by Gasteiger charge is -2.21. The van der Waals surface area contributed by atoms with Gasteiger partial charge in [0, 0.05) is 13.2 Å². The van der Waals surface area contributed by atoms with Gasteiger partial charge in [0.15, 0.2) is 0 Å². The fourth-order valence-corrected chi connectivity index (χ4v) is 1.90. The summed E-state index contributed by atoms with van der Waals surface area (Å²) in [5.41, 5.74) is 5.53. The molecule has 17 heavy (non-hydrogen) atoms. The van der Waals surface area contributed by atoms with Crippen LogP contribution in [0.5, 0.6) is 0 Å². The third kappa shape index (κ3) is 4.89. The van der Waals surface area contributed by atoms with Crippen LogP contribution < -0.4 is 11.1 Å². The van der Waals surface area contributed by atoms with Gasteiger partial charge in [0.05, 0.1) is 12.6 Å². The zero-order valence-electron chi connectivity index (χ0n) is 11.0. The standard InChI is InChI=1S/C13H24N2O2/c1-10-6-7-13(17-10)11(2)15-12(9-16-3)5-4-8-14/h6-7,11-12,15H,4-5,8-9,14H2,1-3H3. The Hall–Kier alpha value is -0.840. The number of rotatable bonds is 8. The Morgan fingerprint density at radius 3 is 2.76 bits per heavy atom. The number of nitrogens with one attached hydrogen (secondary N) is 1. The van der Waals surface area contributed by atoms with Crippen LogP contribution in [0.15, 0.2) is 16.5 Å². The second-order valence-corrected chi connectivity index (χ2v) is 4.42. The minimum Gasteiger partial charge on any atom is -0.465 e. The minimum atomic E-state index is 0.196. The quantitative estimate of drug-likeness (QED) is 0.729. The molecule has 4 heteroatoms. The van der Waals surface area contributed by atoms with Gasteiger partial charge in [0.2, 0.25) is 0 Å². The zero-order valence-corrected chi connectivity index (χ0v) is 11.0. The van der Waals surface area contributed by atoms with Crippen molar-refractivity contribution in [3.63, 3.8) is 0 Å². The van der Waals surface area contributed by atoms with Gasteiger partial charge in [-0.05, 0) is 45.4 Å². The summed E-state index contributed by atoms with van der Waals surface area (Å²) in [6, 6.07) is 4.52. The minimum absolute atomic E-state index is 0.196. The van der Waals surface area contributed by atoms with Crippen molar-refractivity contribution in [2.24, 2.45) is 5.73 Å². The third-order valence-corrected chi connectivity index (χ3v) is 2.80. The molecule has 0 amide bonds. The van der Waals surface area contributed by atoms with E-state index < -0.39 is 0 Å². The Morgan fingerprint density at radius 1 is 1.47 bits per heavy atom. The smallest absolute Gasteiger partial charge is 0.120 e. The van der Waals surface area contributed by atoms with Crippen molar-refractivity contribution in [2.75, 3.05) is 20.3 Å². The first-order valence-electron chi connectivity index (χ1n) is 6.18. The predicted octanol–water partition coefficient (Wildman–Crippen LogP) is 1.99. The second kappa shape index (κ2) is 7.48. The van der Waals surface area contributed by atoms with Gasteiger partial charge in [-0.15, -0.1) is 0 Å². The highest BCUT2D eigenvalue weighted by molar-refractivity contribution is 5.09. The average molecular weight is 240 g/mol. The molecule has 0 aliphatic rings. The van der Waals surface area contributed by atoms with E-state index in [0.29, 0.717) is 12.6 Å². The van der Waals surface area contributed by atoms with Crippen LogP contribution in [0.2, 0.25) is 0 Å². The molecule has 0 spiro atoms. The van der Waals surface area contributed by atoms with Crippen LogP contribution in [-0.4, -0.2) is 26.3 Å². The number of furan rings is 1. The van der Waals surface area contributed by atoms with E-state index in [0.717, 1.165) is 30.9 Å². The van der Waals surface area contributed by atoms with E-state index in [1.165, 1.54) is 0 Å². The maximum absolute atomic E-state index is 5.60. The van der Waals surface area contributed by atoms with Crippen LogP contribution in [0.1, 0.15) is 37.3 Å². The molecular formula is C13H24N2O2. The van der Waals surface area contributed by atoms with E-state index in [-0.39, 0.29) is 6.04 Å². The first-order valence-corrected chi connectivity index (χ1v) is 6.18. The van der Waals surface area contributed by atoms with E-state index in [1.807, 2.05) is 19.1 Å². The molecule has 0 saturated carbocycles. The molecule has 3 N–H and O–H groups in total. The van der Waals surface area contributed by atoms with Crippen molar-refractivity contribution in [3.8, 4) is 0 Å². The Bertz CT molecular complexity index is 312. The summed E-state index contributed by atoms with van der Waals surface area (Å²) in [6.45, 7) is 5.47. The molecule has 4 nitrogen and oxygen atoms in total. The van der Waals surface area contributed by atoms with Crippen molar-refractivity contribution in [3.05, 3.63) is 23.7 Å². The normalized spacial score (nSPS) is 14.8. The molecule has 1 aromatic rings. The number of ether oxygens (including phenoxy) is 1. The summed E-state index contributed by atoms with van der Waals surface area (Å²) >= 11 is 0. The molecule has 0 aromatic carbocycles. The number of methoxy groups -OCH3 is 1. The van der Waals surface area contributed by atoms with Crippen LogP contribution >= 0.6 is 0 Å². The lowest BCUT2D eigenvalue weighted by atomic mass is 10.1. The van der Waals surface area contributed by atoms with E-state index in [9.17, 15) is 0 Å². The number of hydrogen-bond donors (Lipinski definition) is 2. The van der Waals surface area contributed by atoms with Crippen molar-refractivity contribution in [1.82, 2.24) is 5.32 Å². The van der Waals surface area contributed by atoms with Crippen molar-refractivity contribution in [2.45, 2.75) is 38.8 Å². The Kier molecular flexibility index (Phi) is 6.26. The highest BCUT2D eigenvalue weighted by Crippen LogP contribution is 2.16. The number of aryl methyl sites for hydroxylation is 1. The fraction of sp³-hybridized carbons (Fsp3) is 0.692. The van der Waals surface area contributed by atoms with E-state index in [4.69, 9.17) is 14.9 Å². The summed E-state index contributed by atoms with van der Waals surface area (Å²) in [5.74, 6) is 1.91. The Morgan fingerprint density at radius 2 is 2.24 bits per heavy atom. The molecule has 0 bridgehead atoms. The summed E-state index contributed by atoms with van der Waals surface area (Å²) in [7, 11) is 1.72. The summed E-state index contributed by atoms with van der Waals surface area (Å²) in [4.78, 5) is 0. The molecule has 98 valence electrons.